The Labute approximate surface area is 103 Å². The standard InChI is InChI=1S/C15H19NO/c17-15-9-8-14(10-15)16(13-6-7-13)11-12-4-2-1-3-5-12/h1-5,13-14H,6-11H2. The fraction of sp³-hybridized carbons (Fsp3) is 0.533. The van der Waals surface area contributed by atoms with Crippen molar-refractivity contribution >= 4 is 5.78 Å². The molecule has 0 heterocycles. The molecule has 2 aliphatic carbocycles. The van der Waals surface area contributed by atoms with E-state index in [4.69, 9.17) is 0 Å². The van der Waals surface area contributed by atoms with Gasteiger partial charge in [0.1, 0.15) is 5.78 Å². The van der Waals surface area contributed by atoms with Gasteiger partial charge in [-0.3, -0.25) is 9.69 Å². The highest BCUT2D eigenvalue weighted by molar-refractivity contribution is 5.81. The predicted molar refractivity (Wildman–Crippen MR) is 67.7 cm³/mol. The van der Waals surface area contributed by atoms with E-state index in [-0.39, 0.29) is 0 Å². The van der Waals surface area contributed by atoms with Crippen molar-refractivity contribution in [2.45, 2.75) is 50.7 Å². The number of carbonyl (C=O) groups excluding carboxylic acids is 1. The molecule has 2 fully saturated rings. The molecule has 2 heteroatoms. The molecule has 17 heavy (non-hydrogen) atoms. The molecule has 2 aliphatic rings. The summed E-state index contributed by atoms with van der Waals surface area (Å²) in [4.78, 5) is 14.0. The second-order valence-electron chi connectivity index (χ2n) is 5.32. The molecule has 0 bridgehead atoms. The average Bonchev–Trinajstić information content (AvgIpc) is 3.10. The van der Waals surface area contributed by atoms with E-state index in [0.717, 1.165) is 31.8 Å². The molecule has 1 aromatic carbocycles. The highest BCUT2D eigenvalue weighted by Crippen LogP contribution is 2.34. The van der Waals surface area contributed by atoms with Gasteiger partial charge in [0.25, 0.3) is 0 Å². The second-order valence-corrected chi connectivity index (χ2v) is 5.32. The molecule has 0 N–H and O–H groups in total. The van der Waals surface area contributed by atoms with Gasteiger partial charge in [-0.2, -0.15) is 0 Å². The van der Waals surface area contributed by atoms with Crippen LogP contribution in [0.1, 0.15) is 37.7 Å². The summed E-state index contributed by atoms with van der Waals surface area (Å²) in [5, 5.41) is 0. The first-order chi connectivity index (χ1) is 8.33. The van der Waals surface area contributed by atoms with Crippen molar-refractivity contribution < 1.29 is 4.79 Å². The molecule has 2 saturated carbocycles. The zero-order chi connectivity index (χ0) is 11.7. The molecule has 1 unspecified atom stereocenters. The zero-order valence-electron chi connectivity index (χ0n) is 10.1. The van der Waals surface area contributed by atoms with Gasteiger partial charge in [-0.1, -0.05) is 30.3 Å². The molecule has 1 aromatic rings. The largest absolute Gasteiger partial charge is 0.300 e. The Morgan fingerprint density at radius 2 is 1.82 bits per heavy atom. The first kappa shape index (κ1) is 11.0. The Hall–Kier alpha value is -1.15. The highest BCUT2D eigenvalue weighted by Gasteiger charge is 2.36. The van der Waals surface area contributed by atoms with Gasteiger partial charge in [0.05, 0.1) is 0 Å². The number of rotatable bonds is 4. The minimum absolute atomic E-state index is 0.453. The number of ketones is 1. The minimum atomic E-state index is 0.453. The van der Waals surface area contributed by atoms with E-state index in [0.29, 0.717) is 11.8 Å². The molecule has 0 spiro atoms. The van der Waals surface area contributed by atoms with Gasteiger partial charge in [0.2, 0.25) is 0 Å². The summed E-state index contributed by atoms with van der Waals surface area (Å²) < 4.78 is 0. The van der Waals surface area contributed by atoms with Gasteiger partial charge in [0, 0.05) is 31.5 Å². The van der Waals surface area contributed by atoms with Gasteiger partial charge in [-0.15, -0.1) is 0 Å². The quantitative estimate of drug-likeness (QED) is 0.791. The average molecular weight is 229 g/mol. The van der Waals surface area contributed by atoms with Gasteiger partial charge in [-0.05, 0) is 24.8 Å². The SMILES string of the molecule is O=C1CCC(N(Cc2ccccc2)C2CC2)C1. The fourth-order valence-corrected chi connectivity index (χ4v) is 2.83. The lowest BCUT2D eigenvalue weighted by Gasteiger charge is -2.28. The number of nitrogens with zero attached hydrogens (tertiary/aromatic N) is 1. The number of hydrogen-bond donors (Lipinski definition) is 0. The van der Waals surface area contributed by atoms with E-state index < -0.39 is 0 Å². The van der Waals surface area contributed by atoms with E-state index in [1.165, 1.54) is 18.4 Å². The van der Waals surface area contributed by atoms with E-state index in [1.54, 1.807) is 0 Å². The monoisotopic (exact) mass is 229 g/mol. The van der Waals surface area contributed by atoms with Crippen molar-refractivity contribution in [2.75, 3.05) is 0 Å². The summed E-state index contributed by atoms with van der Waals surface area (Å²) in [5.74, 6) is 0.453. The molecule has 0 aromatic heterocycles. The summed E-state index contributed by atoms with van der Waals surface area (Å²) in [5.41, 5.74) is 1.37. The Morgan fingerprint density at radius 3 is 2.41 bits per heavy atom. The molecule has 2 nitrogen and oxygen atoms in total. The first-order valence-electron chi connectivity index (χ1n) is 6.64. The lowest BCUT2D eigenvalue weighted by Crippen LogP contribution is -2.35. The zero-order valence-corrected chi connectivity index (χ0v) is 10.1. The van der Waals surface area contributed by atoms with Gasteiger partial charge in [-0.25, -0.2) is 0 Å². The molecule has 90 valence electrons. The van der Waals surface area contributed by atoms with Crippen LogP contribution in [0, 0.1) is 0 Å². The third-order valence-corrected chi connectivity index (χ3v) is 3.91. The number of hydrogen-bond acceptors (Lipinski definition) is 2. The summed E-state index contributed by atoms with van der Waals surface area (Å²) in [6, 6.07) is 11.9. The molecule has 0 radical (unpaired) electrons. The highest BCUT2D eigenvalue weighted by atomic mass is 16.1. The van der Waals surface area contributed by atoms with Crippen LogP contribution in [0.3, 0.4) is 0 Å². The van der Waals surface area contributed by atoms with Gasteiger partial charge >= 0.3 is 0 Å². The molecular weight excluding hydrogens is 210 g/mol. The minimum Gasteiger partial charge on any atom is -0.300 e. The number of benzene rings is 1. The molecule has 1 atom stereocenters. The van der Waals surface area contributed by atoms with Crippen LogP contribution in [0.15, 0.2) is 30.3 Å². The third-order valence-electron chi connectivity index (χ3n) is 3.91. The van der Waals surface area contributed by atoms with Crippen LogP contribution in [0.25, 0.3) is 0 Å². The number of Topliss-reactive ketones (excluding diaryl/α,β-unsaturated/α-hetero) is 1. The maximum Gasteiger partial charge on any atom is 0.134 e. The van der Waals surface area contributed by atoms with Crippen molar-refractivity contribution in [2.24, 2.45) is 0 Å². The first-order valence-corrected chi connectivity index (χ1v) is 6.64. The fourth-order valence-electron chi connectivity index (χ4n) is 2.83. The lowest BCUT2D eigenvalue weighted by atomic mass is 10.1. The Bertz CT molecular complexity index is 397. The van der Waals surface area contributed by atoms with Crippen LogP contribution in [0.4, 0.5) is 0 Å². The van der Waals surface area contributed by atoms with E-state index in [1.807, 2.05) is 0 Å². The maximum atomic E-state index is 11.4. The number of carbonyl (C=O) groups is 1. The van der Waals surface area contributed by atoms with Crippen LogP contribution < -0.4 is 0 Å². The topological polar surface area (TPSA) is 20.3 Å². The molecule has 0 aliphatic heterocycles. The van der Waals surface area contributed by atoms with Crippen LogP contribution >= 0.6 is 0 Å². The summed E-state index contributed by atoms with van der Waals surface area (Å²) in [7, 11) is 0. The van der Waals surface area contributed by atoms with Crippen molar-refractivity contribution in [1.82, 2.24) is 4.90 Å². The van der Waals surface area contributed by atoms with E-state index in [9.17, 15) is 4.79 Å². The Morgan fingerprint density at radius 1 is 1.06 bits per heavy atom. The van der Waals surface area contributed by atoms with Crippen molar-refractivity contribution in [3.8, 4) is 0 Å². The molecule has 3 rings (SSSR count). The summed E-state index contributed by atoms with van der Waals surface area (Å²) in [6.07, 6.45) is 5.28. The van der Waals surface area contributed by atoms with Crippen LogP contribution in [-0.2, 0) is 11.3 Å². The Balaban J connectivity index is 1.70. The Kier molecular flexibility index (Phi) is 2.98. The van der Waals surface area contributed by atoms with Crippen molar-refractivity contribution in [3.63, 3.8) is 0 Å². The molecule has 0 amide bonds. The summed E-state index contributed by atoms with van der Waals surface area (Å²) in [6.45, 7) is 1.02. The van der Waals surface area contributed by atoms with Crippen molar-refractivity contribution in [3.05, 3.63) is 35.9 Å². The van der Waals surface area contributed by atoms with E-state index >= 15 is 0 Å². The van der Waals surface area contributed by atoms with Gasteiger partial charge < -0.3 is 0 Å². The summed E-state index contributed by atoms with van der Waals surface area (Å²) >= 11 is 0. The smallest absolute Gasteiger partial charge is 0.134 e. The van der Waals surface area contributed by atoms with Crippen LogP contribution in [0.5, 0.6) is 0 Å². The molecular formula is C15H19NO. The van der Waals surface area contributed by atoms with Crippen LogP contribution in [-0.4, -0.2) is 22.8 Å². The predicted octanol–water partition coefficient (Wildman–Crippen LogP) is 2.77. The van der Waals surface area contributed by atoms with E-state index in [2.05, 4.69) is 35.2 Å². The van der Waals surface area contributed by atoms with Gasteiger partial charge in [0.15, 0.2) is 0 Å². The third kappa shape index (κ3) is 2.58. The lowest BCUT2D eigenvalue weighted by molar-refractivity contribution is -0.117. The maximum absolute atomic E-state index is 11.4. The normalized spacial score (nSPS) is 24.5. The second kappa shape index (κ2) is 4.61. The van der Waals surface area contributed by atoms with Crippen LogP contribution in [0.2, 0.25) is 0 Å². The van der Waals surface area contributed by atoms with Crippen molar-refractivity contribution in [1.29, 1.82) is 0 Å². The molecule has 0 saturated heterocycles.